The zero-order valence-corrected chi connectivity index (χ0v) is 16.6. The van der Waals surface area contributed by atoms with E-state index in [2.05, 4.69) is 40.2 Å². The quantitative estimate of drug-likeness (QED) is 0.556. The van der Waals surface area contributed by atoms with Crippen molar-refractivity contribution >= 4 is 5.78 Å². The summed E-state index contributed by atoms with van der Waals surface area (Å²) in [6.07, 6.45) is 6.22. The molecule has 146 valence electrons. The fourth-order valence-electron chi connectivity index (χ4n) is 5.12. The van der Waals surface area contributed by atoms with Crippen molar-refractivity contribution in [3.05, 3.63) is 90.1 Å². The van der Waals surface area contributed by atoms with Gasteiger partial charge in [-0.2, -0.15) is 0 Å². The first-order valence-electron chi connectivity index (χ1n) is 10.6. The SMILES string of the molecule is O=C(c1ccc(-c2ccccn2)cc1)C1CC2CCC(C1)N2Cc1ccccc1. The molecule has 0 aliphatic carbocycles. The lowest BCUT2D eigenvalue weighted by molar-refractivity contribution is 0.0678. The fourth-order valence-corrected chi connectivity index (χ4v) is 5.12. The van der Waals surface area contributed by atoms with E-state index in [0.717, 1.165) is 36.2 Å². The number of fused-ring (bicyclic) bond motifs is 2. The van der Waals surface area contributed by atoms with Crippen LogP contribution in [0.25, 0.3) is 11.3 Å². The number of rotatable bonds is 5. The van der Waals surface area contributed by atoms with E-state index in [9.17, 15) is 4.79 Å². The topological polar surface area (TPSA) is 33.2 Å². The number of nitrogens with zero attached hydrogens (tertiary/aromatic N) is 2. The molecule has 2 aliphatic rings. The molecule has 1 aromatic heterocycles. The van der Waals surface area contributed by atoms with Crippen LogP contribution >= 0.6 is 0 Å². The van der Waals surface area contributed by atoms with Gasteiger partial charge < -0.3 is 0 Å². The van der Waals surface area contributed by atoms with Crippen LogP contribution in [0, 0.1) is 5.92 Å². The Bertz CT molecular complexity index is 955. The van der Waals surface area contributed by atoms with Gasteiger partial charge in [-0.05, 0) is 43.4 Å². The van der Waals surface area contributed by atoms with E-state index in [1.54, 1.807) is 6.20 Å². The van der Waals surface area contributed by atoms with Crippen molar-refractivity contribution in [1.29, 1.82) is 0 Å². The molecule has 3 heterocycles. The zero-order valence-electron chi connectivity index (χ0n) is 16.6. The van der Waals surface area contributed by atoms with Crippen molar-refractivity contribution < 1.29 is 4.79 Å². The van der Waals surface area contributed by atoms with Gasteiger partial charge in [0.2, 0.25) is 0 Å². The molecule has 0 N–H and O–H groups in total. The van der Waals surface area contributed by atoms with Gasteiger partial charge in [-0.3, -0.25) is 14.7 Å². The number of carbonyl (C=O) groups excluding carboxylic acids is 1. The Hall–Kier alpha value is -2.78. The van der Waals surface area contributed by atoms with Crippen LogP contribution in [0.15, 0.2) is 79.0 Å². The lowest BCUT2D eigenvalue weighted by Gasteiger charge is -2.38. The molecule has 3 aromatic rings. The van der Waals surface area contributed by atoms with Crippen LogP contribution in [0.2, 0.25) is 0 Å². The molecule has 0 radical (unpaired) electrons. The number of aromatic nitrogens is 1. The van der Waals surface area contributed by atoms with E-state index in [0.29, 0.717) is 17.9 Å². The van der Waals surface area contributed by atoms with Gasteiger partial charge in [0.05, 0.1) is 5.69 Å². The third-order valence-corrected chi connectivity index (χ3v) is 6.59. The Morgan fingerprint density at radius 2 is 1.55 bits per heavy atom. The average Bonchev–Trinajstić information content (AvgIpc) is 3.01. The Kier molecular flexibility index (Phi) is 4.99. The van der Waals surface area contributed by atoms with Crippen molar-refractivity contribution in [2.24, 2.45) is 5.92 Å². The highest BCUT2D eigenvalue weighted by atomic mass is 16.1. The molecule has 3 heteroatoms. The summed E-state index contributed by atoms with van der Waals surface area (Å²) < 4.78 is 0. The summed E-state index contributed by atoms with van der Waals surface area (Å²) in [5.41, 5.74) is 4.21. The largest absolute Gasteiger partial charge is 0.294 e. The van der Waals surface area contributed by atoms with Gasteiger partial charge in [-0.25, -0.2) is 0 Å². The van der Waals surface area contributed by atoms with Crippen LogP contribution in [0.5, 0.6) is 0 Å². The summed E-state index contributed by atoms with van der Waals surface area (Å²) in [6, 6.07) is 25.7. The molecule has 5 rings (SSSR count). The highest BCUT2D eigenvalue weighted by molar-refractivity contribution is 5.98. The third-order valence-electron chi connectivity index (χ3n) is 6.59. The van der Waals surface area contributed by atoms with Crippen LogP contribution in [0.4, 0.5) is 0 Å². The number of hydrogen-bond acceptors (Lipinski definition) is 3. The summed E-state index contributed by atoms with van der Waals surface area (Å²) in [6.45, 7) is 1.01. The van der Waals surface area contributed by atoms with Crippen molar-refractivity contribution in [3.63, 3.8) is 0 Å². The highest BCUT2D eigenvalue weighted by Crippen LogP contribution is 2.40. The first-order chi connectivity index (χ1) is 14.3. The van der Waals surface area contributed by atoms with Gasteiger partial charge in [0.25, 0.3) is 0 Å². The zero-order chi connectivity index (χ0) is 19.6. The molecule has 3 nitrogen and oxygen atoms in total. The molecule has 2 fully saturated rings. The molecular formula is C26H26N2O. The van der Waals surface area contributed by atoms with E-state index >= 15 is 0 Å². The minimum atomic E-state index is 0.153. The van der Waals surface area contributed by atoms with E-state index in [-0.39, 0.29) is 5.92 Å². The lowest BCUT2D eigenvalue weighted by Crippen LogP contribution is -2.44. The van der Waals surface area contributed by atoms with Crippen LogP contribution in [0.1, 0.15) is 41.6 Å². The van der Waals surface area contributed by atoms with Crippen molar-refractivity contribution in [2.75, 3.05) is 0 Å². The Balaban J connectivity index is 1.27. The van der Waals surface area contributed by atoms with Gasteiger partial charge in [0.15, 0.2) is 5.78 Å². The van der Waals surface area contributed by atoms with Crippen molar-refractivity contribution in [1.82, 2.24) is 9.88 Å². The summed E-state index contributed by atoms with van der Waals surface area (Å²) in [4.78, 5) is 20.2. The molecule has 0 spiro atoms. The Morgan fingerprint density at radius 1 is 0.862 bits per heavy atom. The van der Waals surface area contributed by atoms with Gasteiger partial charge >= 0.3 is 0 Å². The lowest BCUT2D eigenvalue weighted by atomic mass is 9.84. The van der Waals surface area contributed by atoms with E-state index in [1.807, 2.05) is 42.5 Å². The second-order valence-corrected chi connectivity index (χ2v) is 8.37. The van der Waals surface area contributed by atoms with Gasteiger partial charge in [0, 0.05) is 41.9 Å². The standard InChI is InChI=1S/C26H26N2O/c29-26(21-11-9-20(10-12-21)25-8-4-5-15-27-25)22-16-23-13-14-24(17-22)28(23)18-19-6-2-1-3-7-19/h1-12,15,22-24H,13-14,16-18H2. The molecule has 0 amide bonds. The molecule has 0 saturated carbocycles. The minimum absolute atomic E-state index is 0.153. The predicted molar refractivity (Wildman–Crippen MR) is 116 cm³/mol. The Morgan fingerprint density at radius 3 is 2.21 bits per heavy atom. The number of hydrogen-bond donors (Lipinski definition) is 0. The predicted octanol–water partition coefficient (Wildman–Crippen LogP) is 5.37. The van der Waals surface area contributed by atoms with E-state index in [1.165, 1.54) is 18.4 Å². The Labute approximate surface area is 172 Å². The van der Waals surface area contributed by atoms with E-state index < -0.39 is 0 Å². The van der Waals surface area contributed by atoms with Crippen LogP contribution in [0.3, 0.4) is 0 Å². The molecule has 2 unspecified atom stereocenters. The normalized spacial score (nSPS) is 23.8. The molecule has 29 heavy (non-hydrogen) atoms. The van der Waals surface area contributed by atoms with Gasteiger partial charge in [0.1, 0.15) is 0 Å². The number of ketones is 1. The molecule has 2 aliphatic heterocycles. The summed E-state index contributed by atoms with van der Waals surface area (Å²) in [7, 11) is 0. The summed E-state index contributed by atoms with van der Waals surface area (Å²) >= 11 is 0. The number of Topliss-reactive ketones (excluding diaryl/α,β-unsaturated/α-hetero) is 1. The second kappa shape index (κ2) is 7.92. The number of piperidine rings is 1. The van der Waals surface area contributed by atoms with Crippen molar-refractivity contribution in [2.45, 2.75) is 44.3 Å². The van der Waals surface area contributed by atoms with E-state index in [4.69, 9.17) is 0 Å². The molecular weight excluding hydrogens is 356 g/mol. The first-order valence-corrected chi connectivity index (χ1v) is 10.6. The number of pyridine rings is 1. The maximum atomic E-state index is 13.2. The van der Waals surface area contributed by atoms with Crippen LogP contribution in [-0.4, -0.2) is 27.8 Å². The van der Waals surface area contributed by atoms with Gasteiger partial charge in [-0.1, -0.05) is 60.7 Å². The molecule has 2 atom stereocenters. The fraction of sp³-hybridized carbons (Fsp3) is 0.308. The summed E-state index contributed by atoms with van der Waals surface area (Å²) in [5, 5.41) is 0. The molecule has 2 bridgehead atoms. The maximum absolute atomic E-state index is 13.2. The second-order valence-electron chi connectivity index (χ2n) is 8.37. The molecule has 2 saturated heterocycles. The number of benzene rings is 2. The first kappa shape index (κ1) is 18.3. The number of carbonyl (C=O) groups is 1. The molecule has 2 aromatic carbocycles. The summed E-state index contributed by atoms with van der Waals surface area (Å²) in [5.74, 6) is 0.467. The van der Waals surface area contributed by atoms with Crippen LogP contribution < -0.4 is 0 Å². The highest BCUT2D eigenvalue weighted by Gasteiger charge is 2.42. The minimum Gasteiger partial charge on any atom is -0.294 e. The van der Waals surface area contributed by atoms with Gasteiger partial charge in [-0.15, -0.1) is 0 Å². The van der Waals surface area contributed by atoms with Crippen LogP contribution in [-0.2, 0) is 6.54 Å². The smallest absolute Gasteiger partial charge is 0.166 e. The third kappa shape index (κ3) is 3.75. The van der Waals surface area contributed by atoms with Crippen molar-refractivity contribution in [3.8, 4) is 11.3 Å². The maximum Gasteiger partial charge on any atom is 0.166 e. The monoisotopic (exact) mass is 382 g/mol. The average molecular weight is 383 g/mol.